The van der Waals surface area contributed by atoms with Gasteiger partial charge in [0.05, 0.1) is 5.69 Å². The number of hydrogen-bond acceptors (Lipinski definition) is 2. The van der Waals surface area contributed by atoms with Crippen molar-refractivity contribution in [2.24, 2.45) is 17.5 Å². The highest BCUT2D eigenvalue weighted by Crippen LogP contribution is 2.34. The van der Waals surface area contributed by atoms with Gasteiger partial charge in [0.2, 0.25) is 0 Å². The van der Waals surface area contributed by atoms with Crippen molar-refractivity contribution in [3.8, 4) is 0 Å². The van der Waals surface area contributed by atoms with Crippen molar-refractivity contribution < 1.29 is 0 Å². The number of aryl methyl sites for hydroxylation is 2. The molecule has 1 fully saturated rings. The van der Waals surface area contributed by atoms with Crippen LogP contribution in [0, 0.1) is 5.41 Å². The summed E-state index contributed by atoms with van der Waals surface area (Å²) >= 11 is 0. The van der Waals surface area contributed by atoms with Gasteiger partial charge in [-0.1, -0.05) is 27.7 Å². The van der Waals surface area contributed by atoms with Crippen molar-refractivity contribution in [1.82, 2.24) is 20.4 Å². The minimum absolute atomic E-state index is 0.497. The third-order valence-corrected chi connectivity index (χ3v) is 5.36. The summed E-state index contributed by atoms with van der Waals surface area (Å²) in [4.78, 5) is 4.42. The zero-order valence-electron chi connectivity index (χ0n) is 16.4. The van der Waals surface area contributed by atoms with Crippen molar-refractivity contribution in [3.05, 3.63) is 17.0 Å². The van der Waals surface area contributed by atoms with Gasteiger partial charge in [-0.15, -0.1) is 0 Å². The lowest BCUT2D eigenvalue weighted by atomic mass is 9.75. The molecule has 2 rings (SSSR count). The molecular formula is C19H35N5. The van der Waals surface area contributed by atoms with Gasteiger partial charge in [-0.05, 0) is 43.9 Å². The van der Waals surface area contributed by atoms with Crippen molar-refractivity contribution in [3.63, 3.8) is 0 Å². The van der Waals surface area contributed by atoms with Crippen LogP contribution in [-0.2, 0) is 26.4 Å². The van der Waals surface area contributed by atoms with Crippen LogP contribution in [0.2, 0.25) is 0 Å². The second-order valence-corrected chi connectivity index (χ2v) is 7.71. The van der Waals surface area contributed by atoms with E-state index in [0.717, 1.165) is 25.3 Å². The molecule has 5 nitrogen and oxygen atoms in total. The van der Waals surface area contributed by atoms with Crippen LogP contribution in [-0.4, -0.2) is 28.8 Å². The van der Waals surface area contributed by atoms with E-state index in [-0.39, 0.29) is 0 Å². The number of nitrogens with zero attached hydrogens (tertiary/aromatic N) is 3. The summed E-state index contributed by atoms with van der Waals surface area (Å²) in [7, 11) is 3.89. The van der Waals surface area contributed by atoms with Gasteiger partial charge in [0, 0.05) is 37.9 Å². The SMILES string of the molecule is CCc1nn(C)c(CC)c1CNC(=NC)NC1CCC(C)(C)CC1. The first kappa shape index (κ1) is 18.8. The third-order valence-electron chi connectivity index (χ3n) is 5.36. The molecule has 0 atom stereocenters. The average Bonchev–Trinajstić information content (AvgIpc) is 2.87. The lowest BCUT2D eigenvalue weighted by Gasteiger charge is -2.35. The highest BCUT2D eigenvalue weighted by molar-refractivity contribution is 5.80. The summed E-state index contributed by atoms with van der Waals surface area (Å²) in [5.74, 6) is 0.910. The molecule has 0 aromatic carbocycles. The number of aliphatic imine (C=N–C) groups is 1. The molecule has 1 aromatic rings. The van der Waals surface area contributed by atoms with Gasteiger partial charge < -0.3 is 10.6 Å². The second-order valence-electron chi connectivity index (χ2n) is 7.71. The smallest absolute Gasteiger partial charge is 0.191 e. The Labute approximate surface area is 147 Å². The van der Waals surface area contributed by atoms with Crippen LogP contribution in [0.15, 0.2) is 4.99 Å². The fraction of sp³-hybridized carbons (Fsp3) is 0.789. The van der Waals surface area contributed by atoms with E-state index in [0.29, 0.717) is 11.5 Å². The fourth-order valence-corrected chi connectivity index (χ4v) is 3.70. The van der Waals surface area contributed by atoms with Crippen LogP contribution in [0.25, 0.3) is 0 Å². The molecule has 24 heavy (non-hydrogen) atoms. The maximum absolute atomic E-state index is 4.65. The van der Waals surface area contributed by atoms with E-state index in [2.05, 4.69) is 48.4 Å². The van der Waals surface area contributed by atoms with Gasteiger partial charge in [-0.25, -0.2) is 0 Å². The minimum atomic E-state index is 0.497. The van der Waals surface area contributed by atoms with E-state index in [9.17, 15) is 0 Å². The molecule has 1 heterocycles. The zero-order valence-corrected chi connectivity index (χ0v) is 16.4. The predicted molar refractivity (Wildman–Crippen MR) is 101 cm³/mol. The lowest BCUT2D eigenvalue weighted by molar-refractivity contribution is 0.216. The quantitative estimate of drug-likeness (QED) is 0.643. The molecule has 1 aliphatic carbocycles. The normalized spacial score (nSPS) is 18.7. The summed E-state index contributed by atoms with van der Waals surface area (Å²) in [5.41, 5.74) is 4.33. The Balaban J connectivity index is 1.95. The van der Waals surface area contributed by atoms with E-state index in [1.165, 1.54) is 42.6 Å². The maximum Gasteiger partial charge on any atom is 0.191 e. The minimum Gasteiger partial charge on any atom is -0.354 e. The highest BCUT2D eigenvalue weighted by atomic mass is 15.3. The zero-order chi connectivity index (χ0) is 17.7. The summed E-state index contributed by atoms with van der Waals surface area (Å²) in [6.45, 7) is 9.89. The Morgan fingerprint density at radius 1 is 1.25 bits per heavy atom. The van der Waals surface area contributed by atoms with Crippen molar-refractivity contribution in [1.29, 1.82) is 0 Å². The fourth-order valence-electron chi connectivity index (χ4n) is 3.70. The molecule has 1 aromatic heterocycles. The Morgan fingerprint density at radius 3 is 2.46 bits per heavy atom. The van der Waals surface area contributed by atoms with Crippen LogP contribution in [0.3, 0.4) is 0 Å². The lowest BCUT2D eigenvalue weighted by Crippen LogP contribution is -2.45. The van der Waals surface area contributed by atoms with Crippen LogP contribution in [0.5, 0.6) is 0 Å². The molecule has 0 saturated heterocycles. The molecule has 0 unspecified atom stereocenters. The Hall–Kier alpha value is -1.52. The van der Waals surface area contributed by atoms with Crippen LogP contribution in [0.1, 0.15) is 70.3 Å². The first-order valence-electron chi connectivity index (χ1n) is 9.41. The second kappa shape index (κ2) is 8.04. The van der Waals surface area contributed by atoms with Gasteiger partial charge in [-0.3, -0.25) is 9.67 Å². The first-order valence-corrected chi connectivity index (χ1v) is 9.41. The molecule has 1 saturated carbocycles. The first-order chi connectivity index (χ1) is 11.4. The van der Waals surface area contributed by atoms with Gasteiger partial charge in [-0.2, -0.15) is 5.10 Å². The van der Waals surface area contributed by atoms with E-state index in [1.54, 1.807) is 0 Å². The molecule has 136 valence electrons. The molecule has 1 aliphatic rings. The van der Waals surface area contributed by atoms with Crippen LogP contribution in [0.4, 0.5) is 0 Å². The van der Waals surface area contributed by atoms with Gasteiger partial charge in [0.25, 0.3) is 0 Å². The number of hydrogen-bond donors (Lipinski definition) is 2. The molecule has 0 amide bonds. The van der Waals surface area contributed by atoms with Gasteiger partial charge in [0.1, 0.15) is 0 Å². The van der Waals surface area contributed by atoms with Gasteiger partial charge in [0.15, 0.2) is 5.96 Å². The Morgan fingerprint density at radius 2 is 1.92 bits per heavy atom. The van der Waals surface area contributed by atoms with E-state index < -0.39 is 0 Å². The maximum atomic E-state index is 4.65. The topological polar surface area (TPSA) is 54.2 Å². The monoisotopic (exact) mass is 333 g/mol. The van der Waals surface area contributed by atoms with Crippen molar-refractivity contribution in [2.75, 3.05) is 7.05 Å². The highest BCUT2D eigenvalue weighted by Gasteiger charge is 2.27. The standard InChI is InChI=1S/C19H35N5/c1-7-16-15(17(8-2)24(6)23-16)13-21-18(20-5)22-14-9-11-19(3,4)12-10-14/h14H,7-13H2,1-6H3,(H2,20,21,22). The number of guanidine groups is 1. The van der Waals surface area contributed by atoms with E-state index >= 15 is 0 Å². The van der Waals surface area contributed by atoms with Crippen molar-refractivity contribution in [2.45, 2.75) is 78.8 Å². The van der Waals surface area contributed by atoms with Crippen LogP contribution >= 0.6 is 0 Å². The molecule has 5 heteroatoms. The molecular weight excluding hydrogens is 298 g/mol. The summed E-state index contributed by atoms with van der Waals surface area (Å²) in [6, 6.07) is 0.536. The Bertz CT molecular complexity index is 561. The summed E-state index contributed by atoms with van der Waals surface area (Å²) in [6.07, 6.45) is 6.98. The average molecular weight is 334 g/mol. The molecule has 2 N–H and O–H groups in total. The van der Waals surface area contributed by atoms with Crippen LogP contribution < -0.4 is 10.6 Å². The van der Waals surface area contributed by atoms with E-state index in [4.69, 9.17) is 0 Å². The third kappa shape index (κ3) is 4.52. The molecule has 0 bridgehead atoms. The number of nitrogens with one attached hydrogen (secondary N) is 2. The van der Waals surface area contributed by atoms with Crippen molar-refractivity contribution >= 4 is 5.96 Å². The number of rotatable bonds is 5. The summed E-state index contributed by atoms with van der Waals surface area (Å²) in [5, 5.41) is 11.8. The largest absolute Gasteiger partial charge is 0.354 e. The molecule has 0 radical (unpaired) electrons. The molecule has 0 aliphatic heterocycles. The van der Waals surface area contributed by atoms with E-state index in [1.807, 2.05) is 18.8 Å². The molecule has 0 spiro atoms. The predicted octanol–water partition coefficient (Wildman–Crippen LogP) is 3.18. The number of aromatic nitrogens is 2. The summed E-state index contributed by atoms with van der Waals surface area (Å²) < 4.78 is 2.02. The Kier molecular flexibility index (Phi) is 6.30. The van der Waals surface area contributed by atoms with Gasteiger partial charge >= 0.3 is 0 Å².